The van der Waals surface area contributed by atoms with E-state index in [9.17, 15) is 19.2 Å². The number of para-hydroxylation sites is 2. The first-order chi connectivity index (χ1) is 15.2. The van der Waals surface area contributed by atoms with Crippen LogP contribution in [0.25, 0.3) is 0 Å². The van der Waals surface area contributed by atoms with Crippen molar-refractivity contribution >= 4 is 40.8 Å². The minimum Gasteiger partial charge on any atom is -0.346 e. The number of nitrogens with zero attached hydrogens (tertiary/aromatic N) is 1. The Morgan fingerprint density at radius 2 is 1.84 bits per heavy atom. The molecule has 1 heterocycles. The minimum absolute atomic E-state index is 0.176. The Balaban J connectivity index is 1.87. The molecule has 9 heteroatoms. The summed E-state index contributed by atoms with van der Waals surface area (Å²) < 4.78 is 0. The smallest absolute Gasteiger partial charge is 0.321 e. The van der Waals surface area contributed by atoms with Crippen molar-refractivity contribution in [2.24, 2.45) is 0 Å². The van der Waals surface area contributed by atoms with E-state index in [0.717, 1.165) is 11.1 Å². The Morgan fingerprint density at radius 3 is 2.53 bits per heavy atom. The number of nitrogens with one attached hydrogen (secondary N) is 4. The molecule has 0 aliphatic carbocycles. The van der Waals surface area contributed by atoms with Crippen LogP contribution in [0.5, 0.6) is 0 Å². The molecule has 0 radical (unpaired) electrons. The van der Waals surface area contributed by atoms with Gasteiger partial charge in [0.2, 0.25) is 17.7 Å². The normalized spacial score (nSPS) is 15.8. The highest BCUT2D eigenvalue weighted by atomic mass is 16.2. The number of aryl methyl sites for hydroxylation is 2. The van der Waals surface area contributed by atoms with Gasteiger partial charge >= 0.3 is 6.03 Å². The van der Waals surface area contributed by atoms with Crippen LogP contribution in [0.1, 0.15) is 24.5 Å². The average Bonchev–Trinajstić information content (AvgIpc) is 2.75. The molecular formula is C23H27N5O4. The maximum absolute atomic E-state index is 12.9. The SMILES string of the molecule is CNC(=O)NC(=O)[C@H](C)N1c2ccccc2NC(=O)[C@H]1CC(=O)Nc1ccc(C)cc1C. The quantitative estimate of drug-likeness (QED) is 0.572. The van der Waals surface area contributed by atoms with Gasteiger partial charge in [-0.05, 0) is 44.5 Å². The van der Waals surface area contributed by atoms with E-state index in [4.69, 9.17) is 0 Å². The average molecular weight is 438 g/mol. The van der Waals surface area contributed by atoms with Crippen molar-refractivity contribution < 1.29 is 19.2 Å². The molecule has 9 nitrogen and oxygen atoms in total. The van der Waals surface area contributed by atoms with Gasteiger partial charge in [0.15, 0.2) is 0 Å². The van der Waals surface area contributed by atoms with Gasteiger partial charge in [0.05, 0.1) is 17.8 Å². The predicted octanol–water partition coefficient (Wildman–Crippen LogP) is 2.30. The lowest BCUT2D eigenvalue weighted by Gasteiger charge is -2.40. The van der Waals surface area contributed by atoms with Crippen LogP contribution in [0, 0.1) is 13.8 Å². The third-order valence-electron chi connectivity index (χ3n) is 5.37. The molecule has 3 rings (SSSR count). The van der Waals surface area contributed by atoms with Crippen LogP contribution in [0.3, 0.4) is 0 Å². The fourth-order valence-electron chi connectivity index (χ4n) is 3.72. The Kier molecular flexibility index (Phi) is 6.77. The zero-order valence-electron chi connectivity index (χ0n) is 18.5. The summed E-state index contributed by atoms with van der Waals surface area (Å²) in [5, 5.41) is 10.2. The van der Waals surface area contributed by atoms with Crippen molar-refractivity contribution in [2.45, 2.75) is 39.3 Å². The van der Waals surface area contributed by atoms with Gasteiger partial charge in [0.25, 0.3) is 0 Å². The van der Waals surface area contributed by atoms with E-state index in [1.54, 1.807) is 36.1 Å². The maximum atomic E-state index is 12.9. The third kappa shape index (κ3) is 4.88. The minimum atomic E-state index is -0.943. The number of fused-ring (bicyclic) bond motifs is 1. The fraction of sp³-hybridized carbons (Fsp3) is 0.304. The van der Waals surface area contributed by atoms with Gasteiger partial charge in [-0.3, -0.25) is 19.7 Å². The van der Waals surface area contributed by atoms with Crippen molar-refractivity contribution in [3.63, 3.8) is 0 Å². The van der Waals surface area contributed by atoms with Crippen LogP contribution in [-0.4, -0.2) is 42.9 Å². The second kappa shape index (κ2) is 9.51. The van der Waals surface area contributed by atoms with Crippen LogP contribution >= 0.6 is 0 Å². The predicted molar refractivity (Wildman–Crippen MR) is 123 cm³/mol. The maximum Gasteiger partial charge on any atom is 0.321 e. The summed E-state index contributed by atoms with van der Waals surface area (Å²) in [7, 11) is 1.40. The molecule has 4 N–H and O–H groups in total. The molecule has 0 unspecified atom stereocenters. The van der Waals surface area contributed by atoms with E-state index < -0.39 is 29.9 Å². The standard InChI is InChI=1S/C23H27N5O4/c1-13-9-10-16(14(2)11-13)25-20(29)12-19-22(31)26-17-7-5-6-8-18(17)28(19)15(3)21(30)27-23(32)24-4/h5-11,15,19H,12H2,1-4H3,(H,25,29)(H,26,31)(H2,24,27,30,32)/t15-,19+/m0/s1. The lowest BCUT2D eigenvalue weighted by atomic mass is 10.0. The van der Waals surface area contributed by atoms with E-state index in [2.05, 4.69) is 21.3 Å². The first kappa shape index (κ1) is 22.8. The first-order valence-electron chi connectivity index (χ1n) is 10.3. The van der Waals surface area contributed by atoms with Crippen molar-refractivity contribution in [1.82, 2.24) is 10.6 Å². The highest BCUT2D eigenvalue weighted by Crippen LogP contribution is 2.34. The van der Waals surface area contributed by atoms with Crippen LogP contribution in [0.2, 0.25) is 0 Å². The molecule has 2 atom stereocenters. The Hall–Kier alpha value is -3.88. The fourth-order valence-corrected chi connectivity index (χ4v) is 3.72. The Labute approximate surface area is 186 Å². The molecule has 0 saturated carbocycles. The van der Waals surface area contributed by atoms with Crippen LogP contribution in [-0.2, 0) is 14.4 Å². The van der Waals surface area contributed by atoms with Crippen molar-refractivity contribution in [3.8, 4) is 0 Å². The number of imide groups is 1. The van der Waals surface area contributed by atoms with Gasteiger partial charge in [0.1, 0.15) is 12.1 Å². The number of benzene rings is 2. The lowest BCUT2D eigenvalue weighted by molar-refractivity contribution is -0.124. The first-order valence-corrected chi connectivity index (χ1v) is 10.3. The molecule has 0 saturated heterocycles. The topological polar surface area (TPSA) is 120 Å². The van der Waals surface area contributed by atoms with Gasteiger partial charge in [-0.1, -0.05) is 29.8 Å². The zero-order chi connectivity index (χ0) is 23.4. The number of carbonyl (C=O) groups excluding carboxylic acids is 4. The highest BCUT2D eigenvalue weighted by molar-refractivity contribution is 6.09. The summed E-state index contributed by atoms with van der Waals surface area (Å²) >= 11 is 0. The van der Waals surface area contributed by atoms with E-state index in [0.29, 0.717) is 17.1 Å². The summed E-state index contributed by atoms with van der Waals surface area (Å²) in [5.74, 6) is -1.35. The van der Waals surface area contributed by atoms with E-state index in [1.807, 2.05) is 32.0 Å². The Morgan fingerprint density at radius 1 is 1.12 bits per heavy atom. The number of hydrogen-bond donors (Lipinski definition) is 4. The Bertz CT molecular complexity index is 1070. The van der Waals surface area contributed by atoms with Crippen LogP contribution in [0.15, 0.2) is 42.5 Å². The van der Waals surface area contributed by atoms with Crippen molar-refractivity contribution in [2.75, 3.05) is 22.6 Å². The van der Waals surface area contributed by atoms with E-state index in [-0.39, 0.29) is 12.3 Å². The molecule has 32 heavy (non-hydrogen) atoms. The molecule has 0 aromatic heterocycles. The number of amides is 5. The molecule has 0 fully saturated rings. The molecule has 2 aromatic carbocycles. The summed E-state index contributed by atoms with van der Waals surface area (Å²) in [6.45, 7) is 5.44. The zero-order valence-corrected chi connectivity index (χ0v) is 18.5. The van der Waals surface area contributed by atoms with Gasteiger partial charge in [0, 0.05) is 12.7 Å². The number of hydrogen-bond acceptors (Lipinski definition) is 5. The molecule has 2 aromatic rings. The summed E-state index contributed by atoms with van der Waals surface area (Å²) in [4.78, 5) is 51.7. The summed E-state index contributed by atoms with van der Waals surface area (Å²) in [5.41, 5.74) is 3.77. The third-order valence-corrected chi connectivity index (χ3v) is 5.37. The summed E-state index contributed by atoms with van der Waals surface area (Å²) in [6, 6.07) is 10.2. The van der Waals surface area contributed by atoms with Gasteiger partial charge in [-0.15, -0.1) is 0 Å². The molecule has 1 aliphatic rings. The van der Waals surface area contributed by atoms with E-state index >= 15 is 0 Å². The van der Waals surface area contributed by atoms with E-state index in [1.165, 1.54) is 7.05 Å². The molecule has 0 bridgehead atoms. The second-order valence-electron chi connectivity index (χ2n) is 7.74. The number of urea groups is 1. The molecular weight excluding hydrogens is 410 g/mol. The second-order valence-corrected chi connectivity index (χ2v) is 7.74. The monoisotopic (exact) mass is 437 g/mol. The van der Waals surface area contributed by atoms with Gasteiger partial charge in [-0.2, -0.15) is 0 Å². The van der Waals surface area contributed by atoms with Crippen LogP contribution < -0.4 is 26.2 Å². The van der Waals surface area contributed by atoms with Crippen molar-refractivity contribution in [3.05, 3.63) is 53.6 Å². The number of rotatable bonds is 5. The van der Waals surface area contributed by atoms with Gasteiger partial charge in [-0.25, -0.2) is 4.79 Å². The molecule has 168 valence electrons. The molecule has 0 spiro atoms. The highest BCUT2D eigenvalue weighted by Gasteiger charge is 2.39. The van der Waals surface area contributed by atoms with Crippen molar-refractivity contribution in [1.29, 1.82) is 0 Å². The lowest BCUT2D eigenvalue weighted by Crippen LogP contribution is -2.58. The van der Waals surface area contributed by atoms with Gasteiger partial charge < -0.3 is 20.9 Å². The molecule has 5 amide bonds. The number of carbonyl (C=O) groups is 4. The largest absolute Gasteiger partial charge is 0.346 e. The van der Waals surface area contributed by atoms with Crippen LogP contribution in [0.4, 0.5) is 21.9 Å². The number of anilines is 3. The molecule has 1 aliphatic heterocycles. The summed E-state index contributed by atoms with van der Waals surface area (Å²) in [6.07, 6.45) is -0.176.